The van der Waals surface area contributed by atoms with E-state index >= 15 is 0 Å². The summed E-state index contributed by atoms with van der Waals surface area (Å²) < 4.78 is 5.82. The molecule has 0 aromatic rings. The summed E-state index contributed by atoms with van der Waals surface area (Å²) in [6.07, 6.45) is 9.88. The van der Waals surface area contributed by atoms with Crippen LogP contribution in [0.3, 0.4) is 0 Å². The lowest BCUT2D eigenvalue weighted by atomic mass is 9.78. The number of nitrogens with two attached hydrogens (primary N) is 1. The quantitative estimate of drug-likeness (QED) is 0.760. The van der Waals surface area contributed by atoms with Crippen molar-refractivity contribution in [1.29, 1.82) is 0 Å². The monoisotopic (exact) mass is 282 g/mol. The highest BCUT2D eigenvalue weighted by Gasteiger charge is 2.32. The predicted molar refractivity (Wildman–Crippen MR) is 80.3 cm³/mol. The summed E-state index contributed by atoms with van der Waals surface area (Å²) in [6, 6.07) is 0.0167. The number of ether oxygens (including phenoxy) is 1. The third kappa shape index (κ3) is 4.45. The maximum absolute atomic E-state index is 12.2. The molecule has 0 aromatic carbocycles. The molecule has 3 unspecified atom stereocenters. The van der Waals surface area contributed by atoms with Gasteiger partial charge in [-0.15, -0.1) is 0 Å². The lowest BCUT2D eigenvalue weighted by Gasteiger charge is -2.32. The summed E-state index contributed by atoms with van der Waals surface area (Å²) >= 11 is 0. The van der Waals surface area contributed by atoms with E-state index in [2.05, 4.69) is 12.2 Å². The minimum atomic E-state index is -0.00608. The van der Waals surface area contributed by atoms with Gasteiger partial charge in [-0.3, -0.25) is 4.79 Å². The minimum absolute atomic E-state index is 0.00608. The summed E-state index contributed by atoms with van der Waals surface area (Å²) in [5.41, 5.74) is 6.15. The fraction of sp³-hybridized carbons (Fsp3) is 0.938. The van der Waals surface area contributed by atoms with Crippen LogP contribution in [0.1, 0.15) is 58.3 Å². The van der Waals surface area contributed by atoms with Gasteiger partial charge in [-0.05, 0) is 31.6 Å². The third-order valence-corrected chi connectivity index (χ3v) is 4.94. The standard InChI is InChI=1S/C16H30N2O2/c1-12-6-5-9-14(15(12)17)16(19)18-10-11-20-13-7-3-2-4-8-13/h12-15H,2-11,17H2,1H3,(H,18,19). The molecule has 0 heterocycles. The molecule has 2 aliphatic rings. The third-order valence-electron chi connectivity index (χ3n) is 4.94. The van der Waals surface area contributed by atoms with Gasteiger partial charge in [-0.1, -0.05) is 32.6 Å². The van der Waals surface area contributed by atoms with Gasteiger partial charge >= 0.3 is 0 Å². The molecule has 4 heteroatoms. The summed E-state index contributed by atoms with van der Waals surface area (Å²) in [6.45, 7) is 3.40. The van der Waals surface area contributed by atoms with E-state index < -0.39 is 0 Å². The Morgan fingerprint density at radius 1 is 1.15 bits per heavy atom. The largest absolute Gasteiger partial charge is 0.376 e. The Kier molecular flexibility index (Phi) is 6.30. The summed E-state index contributed by atoms with van der Waals surface area (Å²) in [4.78, 5) is 12.2. The number of rotatable bonds is 5. The minimum Gasteiger partial charge on any atom is -0.376 e. The Morgan fingerprint density at radius 3 is 2.65 bits per heavy atom. The molecule has 0 aliphatic heterocycles. The maximum atomic E-state index is 12.2. The molecule has 2 saturated carbocycles. The van der Waals surface area contributed by atoms with Crippen molar-refractivity contribution >= 4 is 5.91 Å². The average Bonchev–Trinajstić information content (AvgIpc) is 2.47. The second-order valence-electron chi connectivity index (χ2n) is 6.51. The molecule has 0 spiro atoms. The van der Waals surface area contributed by atoms with E-state index in [0.717, 1.165) is 19.3 Å². The van der Waals surface area contributed by atoms with Crippen LogP contribution in [0.4, 0.5) is 0 Å². The fourth-order valence-corrected chi connectivity index (χ4v) is 3.51. The van der Waals surface area contributed by atoms with Crippen molar-refractivity contribution in [2.24, 2.45) is 17.6 Å². The van der Waals surface area contributed by atoms with Crippen molar-refractivity contribution in [3.63, 3.8) is 0 Å². The Balaban J connectivity index is 1.62. The van der Waals surface area contributed by atoms with E-state index in [0.29, 0.717) is 25.2 Å². The molecule has 2 rings (SSSR count). The molecule has 2 aliphatic carbocycles. The van der Waals surface area contributed by atoms with Gasteiger partial charge < -0.3 is 15.8 Å². The van der Waals surface area contributed by atoms with Crippen LogP contribution in [0.15, 0.2) is 0 Å². The number of amides is 1. The number of hydrogen-bond donors (Lipinski definition) is 2. The SMILES string of the molecule is CC1CCCC(C(=O)NCCOC2CCCCC2)C1N. The highest BCUT2D eigenvalue weighted by molar-refractivity contribution is 5.79. The molecule has 1 amide bonds. The normalized spacial score (nSPS) is 32.0. The van der Waals surface area contributed by atoms with E-state index in [-0.39, 0.29) is 17.9 Å². The molecule has 0 bridgehead atoms. The van der Waals surface area contributed by atoms with Crippen LogP contribution in [0, 0.1) is 11.8 Å². The van der Waals surface area contributed by atoms with Gasteiger partial charge in [0, 0.05) is 12.6 Å². The van der Waals surface area contributed by atoms with Gasteiger partial charge in [-0.25, -0.2) is 0 Å². The first kappa shape index (κ1) is 15.8. The van der Waals surface area contributed by atoms with Crippen molar-refractivity contribution in [2.45, 2.75) is 70.4 Å². The Bertz CT molecular complexity index is 303. The van der Waals surface area contributed by atoms with Crippen molar-refractivity contribution in [3.05, 3.63) is 0 Å². The van der Waals surface area contributed by atoms with Crippen molar-refractivity contribution in [2.75, 3.05) is 13.2 Å². The molecule has 4 nitrogen and oxygen atoms in total. The van der Waals surface area contributed by atoms with Crippen LogP contribution in [0.5, 0.6) is 0 Å². The first-order valence-electron chi connectivity index (χ1n) is 8.33. The molecule has 0 aromatic heterocycles. The van der Waals surface area contributed by atoms with Crippen LogP contribution in [-0.2, 0) is 9.53 Å². The maximum Gasteiger partial charge on any atom is 0.224 e. The van der Waals surface area contributed by atoms with E-state index in [9.17, 15) is 4.79 Å². The highest BCUT2D eigenvalue weighted by atomic mass is 16.5. The zero-order chi connectivity index (χ0) is 14.4. The molecule has 20 heavy (non-hydrogen) atoms. The molecule has 0 saturated heterocycles. The smallest absolute Gasteiger partial charge is 0.224 e. The molecule has 3 N–H and O–H groups in total. The van der Waals surface area contributed by atoms with Gasteiger partial charge in [0.25, 0.3) is 0 Å². The van der Waals surface area contributed by atoms with E-state index in [1.54, 1.807) is 0 Å². The molecular formula is C16H30N2O2. The van der Waals surface area contributed by atoms with Crippen molar-refractivity contribution < 1.29 is 9.53 Å². The Morgan fingerprint density at radius 2 is 1.90 bits per heavy atom. The van der Waals surface area contributed by atoms with E-state index in [4.69, 9.17) is 10.5 Å². The number of carbonyl (C=O) groups is 1. The zero-order valence-electron chi connectivity index (χ0n) is 12.8. The lowest BCUT2D eigenvalue weighted by Crippen LogP contribution is -2.48. The van der Waals surface area contributed by atoms with E-state index in [1.165, 1.54) is 32.1 Å². The molecule has 116 valence electrons. The molecule has 2 fully saturated rings. The first-order chi connectivity index (χ1) is 9.68. The summed E-state index contributed by atoms with van der Waals surface area (Å²) in [5.74, 6) is 0.572. The van der Waals surface area contributed by atoms with Gasteiger partial charge in [0.2, 0.25) is 5.91 Å². The molecule has 0 radical (unpaired) electrons. The molecule has 3 atom stereocenters. The number of carbonyl (C=O) groups excluding carboxylic acids is 1. The second kappa shape index (κ2) is 7.99. The number of hydrogen-bond acceptors (Lipinski definition) is 3. The lowest BCUT2D eigenvalue weighted by molar-refractivity contribution is -0.127. The van der Waals surface area contributed by atoms with Crippen LogP contribution < -0.4 is 11.1 Å². The highest BCUT2D eigenvalue weighted by Crippen LogP contribution is 2.27. The summed E-state index contributed by atoms with van der Waals surface area (Å²) in [5, 5.41) is 3.00. The van der Waals surface area contributed by atoms with Crippen molar-refractivity contribution in [3.8, 4) is 0 Å². The topological polar surface area (TPSA) is 64.3 Å². The van der Waals surface area contributed by atoms with Crippen LogP contribution in [-0.4, -0.2) is 31.2 Å². The van der Waals surface area contributed by atoms with Crippen LogP contribution >= 0.6 is 0 Å². The van der Waals surface area contributed by atoms with Gasteiger partial charge in [0.15, 0.2) is 0 Å². The van der Waals surface area contributed by atoms with Crippen molar-refractivity contribution in [1.82, 2.24) is 5.32 Å². The average molecular weight is 282 g/mol. The summed E-state index contributed by atoms with van der Waals surface area (Å²) in [7, 11) is 0. The first-order valence-corrected chi connectivity index (χ1v) is 8.33. The van der Waals surface area contributed by atoms with Gasteiger partial charge in [-0.2, -0.15) is 0 Å². The second-order valence-corrected chi connectivity index (χ2v) is 6.51. The van der Waals surface area contributed by atoms with Crippen LogP contribution in [0.2, 0.25) is 0 Å². The number of nitrogens with one attached hydrogen (secondary N) is 1. The van der Waals surface area contributed by atoms with Gasteiger partial charge in [0.05, 0.1) is 18.6 Å². The zero-order valence-corrected chi connectivity index (χ0v) is 12.8. The van der Waals surface area contributed by atoms with E-state index in [1.807, 2.05) is 0 Å². The molecular weight excluding hydrogens is 252 g/mol. The Labute approximate surface area is 122 Å². The predicted octanol–water partition coefficient (Wildman–Crippen LogP) is 2.22. The Hall–Kier alpha value is -0.610. The van der Waals surface area contributed by atoms with Gasteiger partial charge in [0.1, 0.15) is 0 Å². The fourth-order valence-electron chi connectivity index (χ4n) is 3.51. The van der Waals surface area contributed by atoms with Crippen LogP contribution in [0.25, 0.3) is 0 Å².